The van der Waals surface area contributed by atoms with Gasteiger partial charge in [-0.05, 0) is 41.0 Å². The molecular weight excluding hydrogens is 248 g/mol. The summed E-state index contributed by atoms with van der Waals surface area (Å²) in [6.45, 7) is 2.06. The molecule has 0 saturated heterocycles. The van der Waals surface area contributed by atoms with Gasteiger partial charge in [-0.3, -0.25) is 0 Å². The van der Waals surface area contributed by atoms with Gasteiger partial charge < -0.3 is 5.11 Å². The Labute approximate surface area is 117 Å². The van der Waals surface area contributed by atoms with E-state index in [4.69, 9.17) is 5.11 Å². The number of carboxylic acids is 1. The van der Waals surface area contributed by atoms with E-state index in [1.807, 2.05) is 18.2 Å². The predicted molar refractivity (Wildman–Crippen MR) is 81.1 cm³/mol. The van der Waals surface area contributed by atoms with Crippen molar-refractivity contribution in [3.8, 4) is 11.1 Å². The van der Waals surface area contributed by atoms with Crippen LogP contribution in [0.2, 0.25) is 0 Å². The number of hydrogen-bond acceptors (Lipinski definition) is 1. The van der Waals surface area contributed by atoms with Crippen LogP contribution in [0, 0.1) is 6.92 Å². The highest BCUT2D eigenvalue weighted by Gasteiger charge is 2.07. The topological polar surface area (TPSA) is 37.3 Å². The van der Waals surface area contributed by atoms with Crippen LogP contribution in [0.1, 0.15) is 15.9 Å². The summed E-state index contributed by atoms with van der Waals surface area (Å²) in [6.07, 6.45) is 0. The standard InChI is InChI=1S/C18H14O2/c1-12-5-7-13(8-6-12)16-4-2-3-14-11-15(18(19)20)9-10-17(14)16/h2-11H,1H3,(H,19,20). The fourth-order valence-corrected chi connectivity index (χ4v) is 2.40. The zero-order chi connectivity index (χ0) is 14.1. The van der Waals surface area contributed by atoms with Crippen molar-refractivity contribution in [1.82, 2.24) is 0 Å². The third-order valence-electron chi connectivity index (χ3n) is 3.49. The molecule has 2 nitrogen and oxygen atoms in total. The van der Waals surface area contributed by atoms with E-state index in [9.17, 15) is 4.79 Å². The molecule has 0 fully saturated rings. The minimum absolute atomic E-state index is 0.318. The molecule has 0 heterocycles. The van der Waals surface area contributed by atoms with Crippen LogP contribution in [0.15, 0.2) is 60.7 Å². The second-order valence-corrected chi connectivity index (χ2v) is 4.91. The smallest absolute Gasteiger partial charge is 0.335 e. The quantitative estimate of drug-likeness (QED) is 0.737. The van der Waals surface area contributed by atoms with E-state index < -0.39 is 5.97 Å². The second-order valence-electron chi connectivity index (χ2n) is 4.91. The van der Waals surface area contributed by atoms with Crippen LogP contribution in [0.4, 0.5) is 0 Å². The van der Waals surface area contributed by atoms with Crippen molar-refractivity contribution in [2.45, 2.75) is 6.92 Å². The zero-order valence-corrected chi connectivity index (χ0v) is 11.1. The lowest BCUT2D eigenvalue weighted by Crippen LogP contribution is -1.95. The molecule has 0 aliphatic carbocycles. The van der Waals surface area contributed by atoms with Gasteiger partial charge in [-0.2, -0.15) is 0 Å². The summed E-state index contributed by atoms with van der Waals surface area (Å²) in [5.74, 6) is -0.896. The molecule has 0 unspecified atom stereocenters. The molecule has 0 spiro atoms. The van der Waals surface area contributed by atoms with Gasteiger partial charge >= 0.3 is 5.97 Å². The molecule has 98 valence electrons. The van der Waals surface area contributed by atoms with Gasteiger partial charge in [0, 0.05) is 0 Å². The number of aryl methyl sites for hydroxylation is 1. The molecular formula is C18H14O2. The predicted octanol–water partition coefficient (Wildman–Crippen LogP) is 4.51. The van der Waals surface area contributed by atoms with Gasteiger partial charge in [0.2, 0.25) is 0 Å². The lowest BCUT2D eigenvalue weighted by Gasteiger charge is -2.08. The summed E-state index contributed by atoms with van der Waals surface area (Å²) >= 11 is 0. The summed E-state index contributed by atoms with van der Waals surface area (Å²) in [5, 5.41) is 11.1. The molecule has 0 bridgehead atoms. The maximum Gasteiger partial charge on any atom is 0.335 e. The Morgan fingerprint density at radius 1 is 0.950 bits per heavy atom. The number of carboxylic acid groups (broad SMARTS) is 1. The molecule has 0 atom stereocenters. The van der Waals surface area contributed by atoms with Crippen LogP contribution >= 0.6 is 0 Å². The monoisotopic (exact) mass is 262 g/mol. The molecule has 20 heavy (non-hydrogen) atoms. The van der Waals surface area contributed by atoms with Gasteiger partial charge in [-0.25, -0.2) is 4.79 Å². The van der Waals surface area contributed by atoms with E-state index >= 15 is 0 Å². The zero-order valence-electron chi connectivity index (χ0n) is 11.1. The summed E-state index contributed by atoms with van der Waals surface area (Å²) in [5.41, 5.74) is 3.81. The number of benzene rings is 3. The van der Waals surface area contributed by atoms with E-state index in [0.29, 0.717) is 5.56 Å². The van der Waals surface area contributed by atoms with Crippen molar-refractivity contribution in [1.29, 1.82) is 0 Å². The molecule has 0 aliphatic rings. The maximum atomic E-state index is 11.0. The van der Waals surface area contributed by atoms with Gasteiger partial charge in [0.05, 0.1) is 5.56 Å². The minimum Gasteiger partial charge on any atom is -0.478 e. The molecule has 3 rings (SSSR count). The number of rotatable bonds is 2. The van der Waals surface area contributed by atoms with E-state index in [1.54, 1.807) is 12.1 Å². The highest BCUT2D eigenvalue weighted by atomic mass is 16.4. The van der Waals surface area contributed by atoms with Crippen molar-refractivity contribution < 1.29 is 9.90 Å². The second kappa shape index (κ2) is 4.82. The first-order chi connectivity index (χ1) is 9.65. The number of hydrogen-bond donors (Lipinski definition) is 1. The van der Waals surface area contributed by atoms with Crippen molar-refractivity contribution in [3.63, 3.8) is 0 Å². The van der Waals surface area contributed by atoms with E-state index in [2.05, 4.69) is 37.3 Å². The first-order valence-corrected chi connectivity index (χ1v) is 6.48. The molecule has 0 amide bonds. The molecule has 0 radical (unpaired) electrons. The molecule has 3 aromatic carbocycles. The normalized spacial score (nSPS) is 10.7. The summed E-state index contributed by atoms with van der Waals surface area (Å²) in [4.78, 5) is 11.0. The average Bonchev–Trinajstić information content (AvgIpc) is 2.47. The Morgan fingerprint density at radius 3 is 2.40 bits per heavy atom. The SMILES string of the molecule is Cc1ccc(-c2cccc3cc(C(=O)O)ccc23)cc1. The summed E-state index contributed by atoms with van der Waals surface area (Å²) in [7, 11) is 0. The number of carbonyl (C=O) groups is 1. The third kappa shape index (κ3) is 2.16. The molecule has 0 aromatic heterocycles. The Bertz CT molecular complexity index is 786. The summed E-state index contributed by atoms with van der Waals surface area (Å²) in [6, 6.07) is 19.6. The molecule has 0 saturated carbocycles. The molecule has 3 aromatic rings. The Hall–Kier alpha value is -2.61. The average molecular weight is 262 g/mol. The number of aromatic carboxylic acids is 1. The van der Waals surface area contributed by atoms with Crippen LogP contribution in [-0.4, -0.2) is 11.1 Å². The lowest BCUT2D eigenvalue weighted by molar-refractivity contribution is 0.0697. The van der Waals surface area contributed by atoms with Crippen LogP contribution < -0.4 is 0 Å². The van der Waals surface area contributed by atoms with Crippen LogP contribution in [0.3, 0.4) is 0 Å². The first-order valence-electron chi connectivity index (χ1n) is 6.48. The van der Waals surface area contributed by atoms with Gasteiger partial charge in [0.15, 0.2) is 0 Å². The van der Waals surface area contributed by atoms with Crippen LogP contribution in [0.25, 0.3) is 21.9 Å². The van der Waals surface area contributed by atoms with Gasteiger partial charge in [-0.1, -0.05) is 54.1 Å². The minimum atomic E-state index is -0.896. The van der Waals surface area contributed by atoms with E-state index in [0.717, 1.165) is 21.9 Å². The molecule has 1 N–H and O–H groups in total. The van der Waals surface area contributed by atoms with Crippen LogP contribution in [-0.2, 0) is 0 Å². The number of fused-ring (bicyclic) bond motifs is 1. The fraction of sp³-hybridized carbons (Fsp3) is 0.0556. The van der Waals surface area contributed by atoms with Crippen LogP contribution in [0.5, 0.6) is 0 Å². The van der Waals surface area contributed by atoms with Gasteiger partial charge in [0.25, 0.3) is 0 Å². The van der Waals surface area contributed by atoms with Crippen molar-refractivity contribution in [2.75, 3.05) is 0 Å². The van der Waals surface area contributed by atoms with E-state index in [-0.39, 0.29) is 0 Å². The van der Waals surface area contributed by atoms with E-state index in [1.165, 1.54) is 5.56 Å². The molecule has 2 heteroatoms. The fourth-order valence-electron chi connectivity index (χ4n) is 2.40. The first kappa shape index (κ1) is 12.4. The Balaban J connectivity index is 2.21. The van der Waals surface area contributed by atoms with Crippen molar-refractivity contribution in [3.05, 3.63) is 71.8 Å². The highest BCUT2D eigenvalue weighted by Crippen LogP contribution is 2.29. The molecule has 0 aliphatic heterocycles. The largest absolute Gasteiger partial charge is 0.478 e. The third-order valence-corrected chi connectivity index (χ3v) is 3.49. The highest BCUT2D eigenvalue weighted by molar-refractivity contribution is 6.00. The van der Waals surface area contributed by atoms with Gasteiger partial charge in [-0.15, -0.1) is 0 Å². The van der Waals surface area contributed by atoms with Crippen molar-refractivity contribution in [2.24, 2.45) is 0 Å². The Kier molecular flexibility index (Phi) is 2.99. The maximum absolute atomic E-state index is 11.0. The Morgan fingerprint density at radius 2 is 1.70 bits per heavy atom. The van der Waals surface area contributed by atoms with Crippen molar-refractivity contribution >= 4 is 16.7 Å². The lowest BCUT2D eigenvalue weighted by atomic mass is 9.96. The summed E-state index contributed by atoms with van der Waals surface area (Å²) < 4.78 is 0. The van der Waals surface area contributed by atoms with Gasteiger partial charge in [0.1, 0.15) is 0 Å².